The van der Waals surface area contributed by atoms with Gasteiger partial charge in [0.2, 0.25) is 0 Å². The summed E-state index contributed by atoms with van der Waals surface area (Å²) < 4.78 is 5.38. The molecule has 5 rings (SSSR count). The average molecular weight is 448 g/mol. The van der Waals surface area contributed by atoms with Crippen molar-refractivity contribution < 1.29 is 14.8 Å². The van der Waals surface area contributed by atoms with E-state index in [1.54, 1.807) is 24.5 Å². The smallest absolute Gasteiger partial charge is 0.293 e. The molecule has 33 heavy (non-hydrogen) atoms. The molecule has 0 aliphatic carbocycles. The van der Waals surface area contributed by atoms with Crippen LogP contribution < -0.4 is 9.80 Å². The first-order valence-corrected chi connectivity index (χ1v) is 10.9. The Morgan fingerprint density at radius 2 is 1.91 bits per heavy atom. The number of ether oxygens (including phenoxy) is 1. The molecule has 10 nitrogen and oxygen atoms in total. The predicted octanol–water partition coefficient (Wildman–Crippen LogP) is 2.52. The van der Waals surface area contributed by atoms with Crippen molar-refractivity contribution >= 4 is 17.2 Å². The van der Waals surface area contributed by atoms with Gasteiger partial charge >= 0.3 is 0 Å². The normalized spacial score (nSPS) is 18.5. The molecular weight excluding hydrogens is 424 g/mol. The van der Waals surface area contributed by atoms with Gasteiger partial charge in [0, 0.05) is 61.8 Å². The summed E-state index contributed by atoms with van der Waals surface area (Å²) in [5.74, 6) is 1.16. The lowest BCUT2D eigenvalue weighted by Gasteiger charge is -2.28. The lowest BCUT2D eigenvalue weighted by molar-refractivity contribution is -0.384. The number of aromatic nitrogens is 3. The fourth-order valence-corrected chi connectivity index (χ4v) is 4.22. The molecule has 2 fully saturated rings. The van der Waals surface area contributed by atoms with Crippen molar-refractivity contribution in [2.45, 2.75) is 12.5 Å². The van der Waals surface area contributed by atoms with Gasteiger partial charge in [0.05, 0.1) is 29.9 Å². The number of aliphatic hydroxyl groups excluding tert-OH is 1. The third-order valence-corrected chi connectivity index (χ3v) is 5.94. The van der Waals surface area contributed by atoms with Crippen LogP contribution in [0, 0.1) is 10.1 Å². The fourth-order valence-electron chi connectivity index (χ4n) is 4.22. The molecule has 2 saturated heterocycles. The first kappa shape index (κ1) is 21.2. The molecular formula is C23H24N6O4. The number of hydrogen-bond acceptors (Lipinski definition) is 9. The van der Waals surface area contributed by atoms with Gasteiger partial charge in [0.1, 0.15) is 11.5 Å². The highest BCUT2D eigenvalue weighted by Gasteiger charge is 2.25. The topological polar surface area (TPSA) is 118 Å². The minimum atomic E-state index is -0.404. The van der Waals surface area contributed by atoms with E-state index in [1.807, 2.05) is 34.1 Å². The van der Waals surface area contributed by atoms with Gasteiger partial charge in [0.15, 0.2) is 5.82 Å². The molecule has 0 saturated carbocycles. The van der Waals surface area contributed by atoms with Crippen molar-refractivity contribution in [2.75, 3.05) is 49.2 Å². The molecule has 170 valence electrons. The first-order chi connectivity index (χ1) is 16.1. The summed E-state index contributed by atoms with van der Waals surface area (Å²) in [5, 5.41) is 21.9. The minimum Gasteiger partial charge on any atom is -0.391 e. The second-order valence-corrected chi connectivity index (χ2v) is 8.13. The minimum absolute atomic E-state index is 0.0362. The highest BCUT2D eigenvalue weighted by atomic mass is 16.6. The molecule has 0 spiro atoms. The lowest BCUT2D eigenvalue weighted by atomic mass is 10.1. The van der Waals surface area contributed by atoms with Gasteiger partial charge in [-0.15, -0.1) is 0 Å². The number of rotatable bonds is 5. The van der Waals surface area contributed by atoms with Crippen LogP contribution in [0.4, 0.5) is 17.2 Å². The highest BCUT2D eigenvalue weighted by molar-refractivity contribution is 5.75. The average Bonchev–Trinajstić information content (AvgIpc) is 3.31. The second-order valence-electron chi connectivity index (χ2n) is 8.13. The van der Waals surface area contributed by atoms with Gasteiger partial charge in [-0.05, 0) is 24.6 Å². The number of anilines is 2. The molecule has 2 aromatic heterocycles. The molecule has 1 aromatic carbocycles. The zero-order chi connectivity index (χ0) is 22.8. The van der Waals surface area contributed by atoms with Gasteiger partial charge in [-0.3, -0.25) is 15.1 Å². The number of benzene rings is 1. The first-order valence-electron chi connectivity index (χ1n) is 10.9. The number of pyridine rings is 1. The van der Waals surface area contributed by atoms with Crippen LogP contribution in [0.15, 0.2) is 48.8 Å². The van der Waals surface area contributed by atoms with Gasteiger partial charge in [0.25, 0.3) is 5.69 Å². The van der Waals surface area contributed by atoms with Crippen molar-refractivity contribution in [3.05, 3.63) is 58.9 Å². The molecule has 10 heteroatoms. The van der Waals surface area contributed by atoms with Crippen molar-refractivity contribution in [1.29, 1.82) is 0 Å². The second kappa shape index (κ2) is 9.08. The molecule has 1 unspecified atom stereocenters. The Hall–Kier alpha value is -3.63. The molecule has 0 amide bonds. The molecule has 2 aliphatic heterocycles. The van der Waals surface area contributed by atoms with Crippen molar-refractivity contribution in [1.82, 2.24) is 15.0 Å². The monoisotopic (exact) mass is 448 g/mol. The van der Waals surface area contributed by atoms with Crippen LogP contribution in [0.5, 0.6) is 0 Å². The number of aliphatic hydroxyl groups is 1. The third kappa shape index (κ3) is 4.48. The Labute approximate surface area is 190 Å². The van der Waals surface area contributed by atoms with E-state index in [2.05, 4.69) is 4.98 Å². The summed E-state index contributed by atoms with van der Waals surface area (Å²) in [6.45, 7) is 3.48. The number of morpholine rings is 1. The molecule has 3 aromatic rings. The maximum absolute atomic E-state index is 11.9. The van der Waals surface area contributed by atoms with Crippen LogP contribution in [-0.2, 0) is 4.74 Å². The standard InChI is InChI=1S/C23H24N6O4/c30-18-5-7-28(15-18)22-13-19(25-23(26-22)17-2-1-6-24-14-17)16-3-4-20(21(12-16)29(31)32)27-8-10-33-11-9-27/h1-4,6,12-14,18,30H,5,7-11,15H2. The van der Waals surface area contributed by atoms with Gasteiger partial charge < -0.3 is 19.6 Å². The quantitative estimate of drug-likeness (QED) is 0.464. The zero-order valence-electron chi connectivity index (χ0n) is 18.0. The summed E-state index contributed by atoms with van der Waals surface area (Å²) in [7, 11) is 0. The van der Waals surface area contributed by atoms with Crippen molar-refractivity contribution in [3.8, 4) is 22.6 Å². The Balaban J connectivity index is 1.59. The lowest BCUT2D eigenvalue weighted by Crippen LogP contribution is -2.36. The third-order valence-electron chi connectivity index (χ3n) is 5.94. The van der Waals surface area contributed by atoms with Crippen molar-refractivity contribution in [2.24, 2.45) is 0 Å². The summed E-state index contributed by atoms with van der Waals surface area (Å²) in [6.07, 6.45) is 3.63. The van der Waals surface area contributed by atoms with E-state index in [9.17, 15) is 15.2 Å². The fraction of sp³-hybridized carbons (Fsp3) is 0.348. The SMILES string of the molecule is O=[N+]([O-])c1cc(-c2cc(N3CCC(O)C3)nc(-c3cccnc3)n2)ccc1N1CCOCC1. The maximum Gasteiger partial charge on any atom is 0.293 e. The predicted molar refractivity (Wildman–Crippen MR) is 123 cm³/mol. The van der Waals surface area contributed by atoms with Crippen LogP contribution in [0.2, 0.25) is 0 Å². The number of nitrogens with zero attached hydrogens (tertiary/aromatic N) is 6. The van der Waals surface area contributed by atoms with Crippen LogP contribution in [0.25, 0.3) is 22.6 Å². The molecule has 1 atom stereocenters. The highest BCUT2D eigenvalue weighted by Crippen LogP contribution is 2.35. The Kier molecular flexibility index (Phi) is 5.84. The maximum atomic E-state index is 11.9. The number of β-amino-alcohol motifs (C(OH)–C–C–N with tert-alkyl or cyclic N) is 1. The number of nitro groups is 1. The van der Waals surface area contributed by atoms with E-state index in [1.165, 1.54) is 0 Å². The van der Waals surface area contributed by atoms with E-state index in [0.717, 1.165) is 5.56 Å². The van der Waals surface area contributed by atoms with Crippen LogP contribution >= 0.6 is 0 Å². The van der Waals surface area contributed by atoms with E-state index < -0.39 is 6.10 Å². The largest absolute Gasteiger partial charge is 0.391 e. The van der Waals surface area contributed by atoms with E-state index in [0.29, 0.717) is 74.4 Å². The Morgan fingerprint density at radius 3 is 2.61 bits per heavy atom. The number of hydrogen-bond donors (Lipinski definition) is 1. The van der Waals surface area contributed by atoms with Crippen LogP contribution in [0.3, 0.4) is 0 Å². The molecule has 4 heterocycles. The van der Waals surface area contributed by atoms with Crippen molar-refractivity contribution in [3.63, 3.8) is 0 Å². The van der Waals surface area contributed by atoms with Gasteiger partial charge in [-0.25, -0.2) is 9.97 Å². The van der Waals surface area contributed by atoms with Gasteiger partial charge in [-0.1, -0.05) is 6.07 Å². The molecule has 2 aliphatic rings. The zero-order valence-corrected chi connectivity index (χ0v) is 18.0. The summed E-state index contributed by atoms with van der Waals surface area (Å²) in [6, 6.07) is 10.7. The van der Waals surface area contributed by atoms with E-state index in [4.69, 9.17) is 14.7 Å². The summed E-state index contributed by atoms with van der Waals surface area (Å²) in [5.41, 5.74) is 2.58. The van der Waals surface area contributed by atoms with E-state index in [-0.39, 0.29) is 10.6 Å². The molecule has 0 bridgehead atoms. The summed E-state index contributed by atoms with van der Waals surface area (Å²) in [4.78, 5) is 29.1. The molecule has 1 N–H and O–H groups in total. The Bertz CT molecular complexity index is 1150. The molecule has 0 radical (unpaired) electrons. The van der Waals surface area contributed by atoms with E-state index >= 15 is 0 Å². The number of nitro benzene ring substituents is 1. The summed E-state index contributed by atoms with van der Waals surface area (Å²) >= 11 is 0. The Morgan fingerprint density at radius 1 is 1.06 bits per heavy atom. The van der Waals surface area contributed by atoms with Crippen LogP contribution in [-0.4, -0.2) is 70.5 Å². The van der Waals surface area contributed by atoms with Crippen LogP contribution in [0.1, 0.15) is 6.42 Å². The van der Waals surface area contributed by atoms with Gasteiger partial charge in [-0.2, -0.15) is 0 Å².